The van der Waals surface area contributed by atoms with Crippen molar-refractivity contribution in [2.45, 2.75) is 13.5 Å². The van der Waals surface area contributed by atoms with Crippen LogP contribution in [0.1, 0.15) is 12.7 Å². The highest BCUT2D eigenvalue weighted by atomic mass is 16.5. The summed E-state index contributed by atoms with van der Waals surface area (Å²) in [6.45, 7) is 3.25. The minimum atomic E-state index is 0.404. The van der Waals surface area contributed by atoms with Gasteiger partial charge in [-0.2, -0.15) is 0 Å². The van der Waals surface area contributed by atoms with Crippen LogP contribution in [0.3, 0.4) is 0 Å². The van der Waals surface area contributed by atoms with Crippen LogP contribution in [0.5, 0.6) is 0 Å². The minimum absolute atomic E-state index is 0.404. The molecule has 0 aromatic carbocycles. The van der Waals surface area contributed by atoms with Gasteiger partial charge in [-0.3, -0.25) is 0 Å². The number of hydrogen-bond acceptors (Lipinski definition) is 6. The molecule has 1 aromatic heterocycles. The maximum absolute atomic E-state index is 5.03. The van der Waals surface area contributed by atoms with E-state index in [1.165, 1.54) is 0 Å². The van der Waals surface area contributed by atoms with Gasteiger partial charge in [0.25, 0.3) is 0 Å². The number of hydrogen-bond donors (Lipinski definition) is 2. The standard InChI is InChI=1S/C10H19N5O/c1-5-11-8-6-9(14-15(2)3)13-10(12-8)7-16-4/h6H,5,7H2,1-4H3,(H2,11,12,13,14). The minimum Gasteiger partial charge on any atom is -0.377 e. The van der Waals surface area contributed by atoms with Crippen LogP contribution in [0.2, 0.25) is 0 Å². The molecule has 16 heavy (non-hydrogen) atoms. The van der Waals surface area contributed by atoms with Crippen molar-refractivity contribution in [3.05, 3.63) is 11.9 Å². The van der Waals surface area contributed by atoms with E-state index in [0.717, 1.165) is 18.2 Å². The van der Waals surface area contributed by atoms with Gasteiger partial charge in [0.2, 0.25) is 0 Å². The highest BCUT2D eigenvalue weighted by Gasteiger charge is 2.04. The summed E-state index contributed by atoms with van der Waals surface area (Å²) in [6, 6.07) is 1.86. The number of anilines is 2. The number of methoxy groups -OCH3 is 1. The average Bonchev–Trinajstić information content (AvgIpc) is 2.17. The van der Waals surface area contributed by atoms with Crippen LogP contribution in [-0.4, -0.2) is 42.7 Å². The molecular formula is C10H19N5O. The van der Waals surface area contributed by atoms with Crippen LogP contribution in [0.15, 0.2) is 6.07 Å². The van der Waals surface area contributed by atoms with Gasteiger partial charge < -0.3 is 15.5 Å². The number of hydrazine groups is 1. The van der Waals surface area contributed by atoms with E-state index in [1.54, 1.807) is 7.11 Å². The van der Waals surface area contributed by atoms with Crippen molar-refractivity contribution in [3.63, 3.8) is 0 Å². The Morgan fingerprint density at radius 3 is 2.56 bits per heavy atom. The molecule has 0 unspecified atom stereocenters. The summed E-state index contributed by atoms with van der Waals surface area (Å²) in [5.41, 5.74) is 3.09. The van der Waals surface area contributed by atoms with E-state index in [-0.39, 0.29) is 0 Å². The normalized spacial score (nSPS) is 10.6. The molecule has 6 nitrogen and oxygen atoms in total. The number of rotatable bonds is 6. The molecule has 0 spiro atoms. The van der Waals surface area contributed by atoms with Gasteiger partial charge in [0.1, 0.15) is 18.2 Å². The first-order valence-corrected chi connectivity index (χ1v) is 5.20. The Hall–Kier alpha value is -1.40. The quantitative estimate of drug-likeness (QED) is 0.703. The molecule has 2 N–H and O–H groups in total. The molecule has 0 aliphatic carbocycles. The molecule has 0 bridgehead atoms. The molecule has 0 aliphatic rings. The number of nitrogens with zero attached hydrogens (tertiary/aromatic N) is 3. The van der Waals surface area contributed by atoms with Gasteiger partial charge in [-0.15, -0.1) is 0 Å². The van der Waals surface area contributed by atoms with Crippen molar-refractivity contribution in [2.24, 2.45) is 0 Å². The van der Waals surface area contributed by atoms with E-state index in [4.69, 9.17) is 4.74 Å². The first-order chi connectivity index (χ1) is 7.65. The molecule has 1 rings (SSSR count). The van der Waals surface area contributed by atoms with Crippen molar-refractivity contribution in [1.82, 2.24) is 15.0 Å². The Kier molecular flexibility index (Phi) is 4.94. The third-order valence-corrected chi connectivity index (χ3v) is 1.74. The molecule has 6 heteroatoms. The Labute approximate surface area is 96.0 Å². The van der Waals surface area contributed by atoms with Crippen molar-refractivity contribution in [2.75, 3.05) is 38.5 Å². The Bertz CT molecular complexity index is 305. The summed E-state index contributed by atoms with van der Waals surface area (Å²) in [7, 11) is 5.44. The van der Waals surface area contributed by atoms with E-state index in [1.807, 2.05) is 32.1 Å². The van der Waals surface area contributed by atoms with Gasteiger partial charge in [-0.25, -0.2) is 15.0 Å². The van der Waals surface area contributed by atoms with Gasteiger partial charge in [0.05, 0.1) is 0 Å². The van der Waals surface area contributed by atoms with E-state index >= 15 is 0 Å². The zero-order chi connectivity index (χ0) is 12.0. The fraction of sp³-hybridized carbons (Fsp3) is 0.600. The lowest BCUT2D eigenvalue weighted by Crippen LogP contribution is -2.21. The molecule has 0 saturated heterocycles. The lowest BCUT2D eigenvalue weighted by molar-refractivity contribution is 0.178. The summed E-state index contributed by atoms with van der Waals surface area (Å²) in [6.07, 6.45) is 0. The fourth-order valence-electron chi connectivity index (χ4n) is 1.25. The summed E-state index contributed by atoms with van der Waals surface area (Å²) >= 11 is 0. The molecule has 0 fully saturated rings. The smallest absolute Gasteiger partial charge is 0.158 e. The summed E-state index contributed by atoms with van der Waals surface area (Å²) < 4.78 is 5.03. The molecule has 0 amide bonds. The first-order valence-electron chi connectivity index (χ1n) is 5.20. The van der Waals surface area contributed by atoms with Crippen LogP contribution in [-0.2, 0) is 11.3 Å². The van der Waals surface area contributed by atoms with Gasteiger partial charge in [-0.1, -0.05) is 0 Å². The van der Waals surface area contributed by atoms with Crippen molar-refractivity contribution in [1.29, 1.82) is 0 Å². The van der Waals surface area contributed by atoms with Crippen LogP contribution >= 0.6 is 0 Å². The lowest BCUT2D eigenvalue weighted by Gasteiger charge is -2.14. The predicted octanol–water partition coefficient (Wildman–Crippen LogP) is 0.943. The Morgan fingerprint density at radius 1 is 1.31 bits per heavy atom. The highest BCUT2D eigenvalue weighted by Crippen LogP contribution is 2.11. The monoisotopic (exact) mass is 225 g/mol. The Morgan fingerprint density at radius 2 is 2.00 bits per heavy atom. The van der Waals surface area contributed by atoms with Crippen molar-refractivity contribution < 1.29 is 4.74 Å². The van der Waals surface area contributed by atoms with Crippen LogP contribution < -0.4 is 10.7 Å². The number of ether oxygens (including phenoxy) is 1. The van der Waals surface area contributed by atoms with Crippen molar-refractivity contribution >= 4 is 11.6 Å². The third-order valence-electron chi connectivity index (χ3n) is 1.74. The van der Waals surface area contributed by atoms with Gasteiger partial charge in [0.15, 0.2) is 5.82 Å². The summed E-state index contributed by atoms with van der Waals surface area (Å²) in [4.78, 5) is 8.63. The molecule has 0 saturated carbocycles. The first kappa shape index (κ1) is 12.7. The third kappa shape index (κ3) is 4.00. The number of nitrogens with one attached hydrogen (secondary N) is 2. The molecule has 1 aromatic rings. The van der Waals surface area contributed by atoms with Gasteiger partial charge in [-0.05, 0) is 6.92 Å². The molecule has 1 heterocycles. The topological polar surface area (TPSA) is 62.3 Å². The second kappa shape index (κ2) is 6.24. The SMILES string of the molecule is CCNc1cc(NN(C)C)nc(COC)n1. The summed E-state index contributed by atoms with van der Waals surface area (Å²) in [5.74, 6) is 2.21. The molecule has 0 radical (unpaired) electrons. The zero-order valence-electron chi connectivity index (χ0n) is 10.2. The molecule has 0 atom stereocenters. The largest absolute Gasteiger partial charge is 0.377 e. The van der Waals surface area contributed by atoms with Gasteiger partial charge >= 0.3 is 0 Å². The maximum Gasteiger partial charge on any atom is 0.158 e. The number of aromatic nitrogens is 2. The van der Waals surface area contributed by atoms with E-state index < -0.39 is 0 Å². The van der Waals surface area contributed by atoms with Crippen LogP contribution in [0.4, 0.5) is 11.6 Å². The molecule has 90 valence electrons. The second-order valence-electron chi connectivity index (χ2n) is 3.52. The molecule has 0 aliphatic heterocycles. The van der Waals surface area contributed by atoms with E-state index in [2.05, 4.69) is 20.7 Å². The average molecular weight is 225 g/mol. The van der Waals surface area contributed by atoms with E-state index in [9.17, 15) is 0 Å². The summed E-state index contributed by atoms with van der Waals surface area (Å²) in [5, 5.41) is 4.98. The lowest BCUT2D eigenvalue weighted by atomic mass is 10.5. The molecular weight excluding hydrogens is 206 g/mol. The van der Waals surface area contributed by atoms with E-state index in [0.29, 0.717) is 12.4 Å². The van der Waals surface area contributed by atoms with Crippen LogP contribution in [0.25, 0.3) is 0 Å². The Balaban J connectivity index is 2.88. The van der Waals surface area contributed by atoms with Crippen LogP contribution in [0, 0.1) is 0 Å². The van der Waals surface area contributed by atoms with Gasteiger partial charge in [0, 0.05) is 33.8 Å². The fourth-order valence-corrected chi connectivity index (χ4v) is 1.25. The second-order valence-corrected chi connectivity index (χ2v) is 3.52. The maximum atomic E-state index is 5.03. The zero-order valence-corrected chi connectivity index (χ0v) is 10.2. The van der Waals surface area contributed by atoms with Crippen molar-refractivity contribution in [3.8, 4) is 0 Å². The highest BCUT2D eigenvalue weighted by molar-refractivity contribution is 5.46. The predicted molar refractivity (Wildman–Crippen MR) is 64.2 cm³/mol.